The summed E-state index contributed by atoms with van der Waals surface area (Å²) in [6.07, 6.45) is 0.398. The highest BCUT2D eigenvalue weighted by Gasteiger charge is 2.21. The number of piperazine rings is 1. The average Bonchev–Trinajstić information content (AvgIpc) is 2.79. The lowest BCUT2D eigenvalue weighted by Crippen LogP contribution is -2.49. The van der Waals surface area contributed by atoms with Gasteiger partial charge in [0, 0.05) is 51.3 Å². The van der Waals surface area contributed by atoms with Crippen molar-refractivity contribution in [3.05, 3.63) is 54.6 Å². The Balaban J connectivity index is 1.31. The minimum absolute atomic E-state index is 0.0278. The SMILES string of the molecule is COc1ccc(NC(=O)CCC(=O)N2CCN(CCOc3ccccc3)CC2)cc1. The molecule has 0 spiro atoms. The van der Waals surface area contributed by atoms with Crippen molar-refractivity contribution in [2.45, 2.75) is 12.8 Å². The maximum Gasteiger partial charge on any atom is 0.224 e. The molecule has 2 aromatic carbocycles. The van der Waals surface area contributed by atoms with Crippen LogP contribution in [0.2, 0.25) is 0 Å². The first-order chi connectivity index (χ1) is 14.6. The first kappa shape index (κ1) is 21.6. The normalized spacial score (nSPS) is 14.2. The maximum atomic E-state index is 12.4. The number of hydrogen-bond donors (Lipinski definition) is 1. The third kappa shape index (κ3) is 6.77. The number of rotatable bonds is 9. The third-order valence-electron chi connectivity index (χ3n) is 5.08. The molecule has 1 fully saturated rings. The Kier molecular flexibility index (Phi) is 8.09. The van der Waals surface area contributed by atoms with Crippen LogP contribution >= 0.6 is 0 Å². The van der Waals surface area contributed by atoms with Crippen molar-refractivity contribution in [2.24, 2.45) is 0 Å². The summed E-state index contributed by atoms with van der Waals surface area (Å²) in [6.45, 7) is 4.48. The molecule has 1 aliphatic heterocycles. The van der Waals surface area contributed by atoms with E-state index in [-0.39, 0.29) is 24.7 Å². The molecule has 30 heavy (non-hydrogen) atoms. The van der Waals surface area contributed by atoms with Crippen LogP contribution in [0.4, 0.5) is 5.69 Å². The van der Waals surface area contributed by atoms with E-state index in [1.54, 1.807) is 31.4 Å². The van der Waals surface area contributed by atoms with Gasteiger partial charge in [0.2, 0.25) is 11.8 Å². The number of carbonyl (C=O) groups is 2. The van der Waals surface area contributed by atoms with E-state index in [1.807, 2.05) is 35.2 Å². The van der Waals surface area contributed by atoms with E-state index in [2.05, 4.69) is 10.2 Å². The number of amides is 2. The van der Waals surface area contributed by atoms with Gasteiger partial charge in [-0.1, -0.05) is 18.2 Å². The van der Waals surface area contributed by atoms with Crippen molar-refractivity contribution < 1.29 is 19.1 Å². The van der Waals surface area contributed by atoms with E-state index >= 15 is 0 Å². The van der Waals surface area contributed by atoms with E-state index in [1.165, 1.54) is 0 Å². The molecule has 2 aromatic rings. The number of hydrogen-bond acceptors (Lipinski definition) is 5. The monoisotopic (exact) mass is 411 g/mol. The maximum absolute atomic E-state index is 12.4. The van der Waals surface area contributed by atoms with Crippen LogP contribution in [0.25, 0.3) is 0 Å². The van der Waals surface area contributed by atoms with Gasteiger partial charge < -0.3 is 19.7 Å². The highest BCUT2D eigenvalue weighted by atomic mass is 16.5. The third-order valence-corrected chi connectivity index (χ3v) is 5.08. The zero-order valence-electron chi connectivity index (χ0n) is 17.4. The lowest BCUT2D eigenvalue weighted by Gasteiger charge is -2.34. The van der Waals surface area contributed by atoms with Gasteiger partial charge in [-0.05, 0) is 36.4 Å². The number of anilines is 1. The van der Waals surface area contributed by atoms with E-state index in [9.17, 15) is 9.59 Å². The van der Waals surface area contributed by atoms with Crippen molar-refractivity contribution in [1.29, 1.82) is 0 Å². The summed E-state index contributed by atoms with van der Waals surface area (Å²) in [5.41, 5.74) is 0.694. The zero-order valence-corrected chi connectivity index (χ0v) is 17.4. The van der Waals surface area contributed by atoms with Crippen LogP contribution in [-0.4, -0.2) is 68.1 Å². The van der Waals surface area contributed by atoms with Gasteiger partial charge in [-0.2, -0.15) is 0 Å². The minimum atomic E-state index is -0.162. The smallest absolute Gasteiger partial charge is 0.224 e. The summed E-state index contributed by atoms with van der Waals surface area (Å²) in [7, 11) is 1.59. The van der Waals surface area contributed by atoms with Crippen LogP contribution in [0.15, 0.2) is 54.6 Å². The van der Waals surface area contributed by atoms with Crippen LogP contribution in [-0.2, 0) is 9.59 Å². The van der Waals surface area contributed by atoms with Crippen LogP contribution in [0, 0.1) is 0 Å². The number of nitrogens with one attached hydrogen (secondary N) is 1. The van der Waals surface area contributed by atoms with Gasteiger partial charge in [-0.15, -0.1) is 0 Å². The number of benzene rings is 2. The summed E-state index contributed by atoms with van der Waals surface area (Å²) in [5.74, 6) is 1.47. The van der Waals surface area contributed by atoms with Crippen molar-refractivity contribution >= 4 is 17.5 Å². The Bertz CT molecular complexity index is 803. The summed E-state index contributed by atoms with van der Waals surface area (Å²) >= 11 is 0. The van der Waals surface area contributed by atoms with E-state index in [0.717, 1.165) is 31.1 Å². The first-order valence-corrected chi connectivity index (χ1v) is 10.3. The molecule has 1 heterocycles. The summed E-state index contributed by atoms with van der Waals surface area (Å²) in [6, 6.07) is 16.9. The fraction of sp³-hybridized carbons (Fsp3) is 0.391. The second-order valence-corrected chi connectivity index (χ2v) is 7.16. The molecule has 7 nitrogen and oxygen atoms in total. The first-order valence-electron chi connectivity index (χ1n) is 10.3. The minimum Gasteiger partial charge on any atom is -0.497 e. The molecule has 1 N–H and O–H groups in total. The molecule has 1 saturated heterocycles. The molecule has 7 heteroatoms. The van der Waals surface area contributed by atoms with Crippen molar-refractivity contribution in [3.63, 3.8) is 0 Å². The van der Waals surface area contributed by atoms with Gasteiger partial charge in [-0.3, -0.25) is 14.5 Å². The number of nitrogens with zero attached hydrogens (tertiary/aromatic N) is 2. The van der Waals surface area contributed by atoms with Gasteiger partial charge >= 0.3 is 0 Å². The van der Waals surface area contributed by atoms with Crippen molar-refractivity contribution in [3.8, 4) is 11.5 Å². The van der Waals surface area contributed by atoms with Crippen LogP contribution < -0.4 is 14.8 Å². The van der Waals surface area contributed by atoms with Gasteiger partial charge in [0.15, 0.2) is 0 Å². The standard InChI is InChI=1S/C23H29N3O4/c1-29-20-9-7-19(8-10-20)24-22(27)11-12-23(28)26-15-13-25(14-16-26)17-18-30-21-5-3-2-4-6-21/h2-10H,11-18H2,1H3,(H,24,27). The van der Waals surface area contributed by atoms with Gasteiger partial charge in [0.05, 0.1) is 7.11 Å². The largest absolute Gasteiger partial charge is 0.497 e. The molecule has 0 saturated carbocycles. The molecule has 0 unspecified atom stereocenters. The van der Waals surface area contributed by atoms with Crippen LogP contribution in [0.3, 0.4) is 0 Å². The number of ether oxygens (including phenoxy) is 2. The molecule has 2 amide bonds. The van der Waals surface area contributed by atoms with E-state index < -0.39 is 0 Å². The predicted molar refractivity (Wildman–Crippen MR) is 116 cm³/mol. The quantitative estimate of drug-likeness (QED) is 0.687. The zero-order chi connectivity index (χ0) is 21.2. The Labute approximate surface area is 177 Å². The lowest BCUT2D eigenvalue weighted by molar-refractivity contribution is -0.134. The van der Waals surface area contributed by atoms with Gasteiger partial charge in [-0.25, -0.2) is 0 Å². The number of methoxy groups -OCH3 is 1. The van der Waals surface area contributed by atoms with Gasteiger partial charge in [0.1, 0.15) is 18.1 Å². The second-order valence-electron chi connectivity index (χ2n) is 7.16. The molecule has 0 bridgehead atoms. The van der Waals surface area contributed by atoms with E-state index in [4.69, 9.17) is 9.47 Å². The number of carbonyl (C=O) groups excluding carboxylic acids is 2. The van der Waals surface area contributed by atoms with Crippen LogP contribution in [0.1, 0.15) is 12.8 Å². The molecule has 3 rings (SSSR count). The Morgan fingerprint density at radius 1 is 0.900 bits per heavy atom. The van der Waals surface area contributed by atoms with Gasteiger partial charge in [0.25, 0.3) is 0 Å². The molecule has 0 aliphatic carbocycles. The molecular formula is C23H29N3O4. The van der Waals surface area contributed by atoms with E-state index in [0.29, 0.717) is 25.4 Å². The molecular weight excluding hydrogens is 382 g/mol. The van der Waals surface area contributed by atoms with Crippen LogP contribution in [0.5, 0.6) is 11.5 Å². The average molecular weight is 412 g/mol. The molecule has 1 aliphatic rings. The second kappa shape index (κ2) is 11.2. The Morgan fingerprint density at radius 3 is 2.27 bits per heavy atom. The summed E-state index contributed by atoms with van der Waals surface area (Å²) in [5, 5.41) is 2.81. The number of para-hydroxylation sites is 1. The Morgan fingerprint density at radius 2 is 1.60 bits per heavy atom. The summed E-state index contributed by atoms with van der Waals surface area (Å²) < 4.78 is 10.8. The molecule has 0 aromatic heterocycles. The fourth-order valence-electron chi connectivity index (χ4n) is 3.31. The van der Waals surface area contributed by atoms with Crippen molar-refractivity contribution in [1.82, 2.24) is 9.80 Å². The molecule has 0 radical (unpaired) electrons. The molecule has 0 atom stereocenters. The molecule has 160 valence electrons. The highest BCUT2D eigenvalue weighted by Crippen LogP contribution is 2.15. The fourth-order valence-corrected chi connectivity index (χ4v) is 3.31. The highest BCUT2D eigenvalue weighted by molar-refractivity contribution is 5.93. The summed E-state index contributed by atoms with van der Waals surface area (Å²) in [4.78, 5) is 28.7. The van der Waals surface area contributed by atoms with Crippen molar-refractivity contribution in [2.75, 3.05) is 51.8 Å². The Hall–Kier alpha value is -3.06. The predicted octanol–water partition coefficient (Wildman–Crippen LogP) is 2.64. The lowest BCUT2D eigenvalue weighted by atomic mass is 10.2. The topological polar surface area (TPSA) is 71.1 Å².